The fraction of sp³-hybridized carbons (Fsp3) is 0.250. The maximum absolute atomic E-state index is 12.6. The van der Waals surface area contributed by atoms with E-state index in [4.69, 9.17) is 29.4 Å². The molecule has 40 heavy (non-hydrogen) atoms. The molecule has 0 amide bonds. The average Bonchev–Trinajstić information content (AvgIpc) is 2.94. The highest BCUT2D eigenvalue weighted by molar-refractivity contribution is 5.88. The highest BCUT2D eigenvalue weighted by Crippen LogP contribution is 2.47. The number of rotatable bonds is 7. The van der Waals surface area contributed by atoms with Gasteiger partial charge >= 0.3 is 5.97 Å². The Kier molecular flexibility index (Phi) is 8.05. The summed E-state index contributed by atoms with van der Waals surface area (Å²) in [7, 11) is 4.55. The lowest BCUT2D eigenvalue weighted by Gasteiger charge is -2.27. The van der Waals surface area contributed by atoms with Crippen LogP contribution in [0.25, 0.3) is 6.08 Å². The fourth-order valence-corrected chi connectivity index (χ4v) is 4.52. The Morgan fingerprint density at radius 2 is 1.62 bits per heavy atom. The molecule has 4 rings (SSSR count). The van der Waals surface area contributed by atoms with Crippen LogP contribution < -0.4 is 29.4 Å². The van der Waals surface area contributed by atoms with Crippen molar-refractivity contribution in [2.24, 2.45) is 5.73 Å². The molecule has 0 radical (unpaired) electrons. The van der Waals surface area contributed by atoms with E-state index in [9.17, 15) is 10.1 Å². The van der Waals surface area contributed by atoms with Gasteiger partial charge in [0, 0.05) is 17.7 Å². The van der Waals surface area contributed by atoms with Crippen LogP contribution in [0.15, 0.2) is 72.1 Å². The number of carbonyl (C=O) groups excluding carboxylic acids is 1. The van der Waals surface area contributed by atoms with Crippen LogP contribution in [0, 0.1) is 11.3 Å². The zero-order valence-electron chi connectivity index (χ0n) is 23.4. The molecule has 1 aliphatic heterocycles. The predicted octanol–water partition coefficient (Wildman–Crippen LogP) is 5.85. The molecular weight excluding hydrogens is 508 g/mol. The van der Waals surface area contributed by atoms with Gasteiger partial charge in [-0.3, -0.25) is 0 Å². The molecule has 0 aromatic heterocycles. The maximum atomic E-state index is 12.6. The Hall–Kier alpha value is -4.90. The molecule has 0 aliphatic carbocycles. The molecule has 0 spiro atoms. The summed E-state index contributed by atoms with van der Waals surface area (Å²) in [6, 6.07) is 18.7. The minimum atomic E-state index is -0.580. The van der Waals surface area contributed by atoms with Crippen molar-refractivity contribution in [3.05, 3.63) is 94.4 Å². The molecule has 0 bridgehead atoms. The second-order valence-corrected chi connectivity index (χ2v) is 10.2. The monoisotopic (exact) mass is 540 g/mol. The number of carbonyl (C=O) groups is 1. The number of benzene rings is 3. The van der Waals surface area contributed by atoms with Crippen LogP contribution in [0.2, 0.25) is 0 Å². The van der Waals surface area contributed by atoms with Crippen molar-refractivity contribution in [3.63, 3.8) is 0 Å². The zero-order chi connectivity index (χ0) is 29.0. The third-order valence-electron chi connectivity index (χ3n) is 6.62. The van der Waals surface area contributed by atoms with E-state index < -0.39 is 11.9 Å². The van der Waals surface area contributed by atoms with Crippen LogP contribution in [-0.4, -0.2) is 27.3 Å². The van der Waals surface area contributed by atoms with E-state index in [2.05, 4.69) is 26.8 Å². The second-order valence-electron chi connectivity index (χ2n) is 10.2. The number of esters is 1. The van der Waals surface area contributed by atoms with E-state index in [1.54, 1.807) is 36.4 Å². The highest BCUT2D eigenvalue weighted by Gasteiger charge is 2.32. The van der Waals surface area contributed by atoms with Gasteiger partial charge in [-0.25, -0.2) is 4.79 Å². The summed E-state index contributed by atoms with van der Waals surface area (Å²) >= 11 is 0. The highest BCUT2D eigenvalue weighted by atomic mass is 16.5. The molecular formula is C32H32N2O6. The Morgan fingerprint density at radius 3 is 2.17 bits per heavy atom. The van der Waals surface area contributed by atoms with Gasteiger partial charge in [0.05, 0.1) is 27.2 Å². The lowest BCUT2D eigenvalue weighted by Crippen LogP contribution is -2.21. The predicted molar refractivity (Wildman–Crippen MR) is 152 cm³/mol. The van der Waals surface area contributed by atoms with Crippen molar-refractivity contribution < 1.29 is 28.5 Å². The van der Waals surface area contributed by atoms with Crippen molar-refractivity contribution in [1.29, 1.82) is 5.26 Å². The molecule has 0 saturated carbocycles. The van der Waals surface area contributed by atoms with E-state index in [0.717, 1.165) is 5.56 Å². The van der Waals surface area contributed by atoms with Gasteiger partial charge in [0.15, 0.2) is 11.5 Å². The van der Waals surface area contributed by atoms with E-state index in [1.165, 1.54) is 33.0 Å². The third-order valence-corrected chi connectivity index (χ3v) is 6.62. The number of methoxy groups -OCH3 is 3. The van der Waals surface area contributed by atoms with Gasteiger partial charge < -0.3 is 29.4 Å². The lowest BCUT2D eigenvalue weighted by atomic mass is 9.83. The van der Waals surface area contributed by atoms with E-state index in [-0.39, 0.29) is 22.6 Å². The van der Waals surface area contributed by atoms with Crippen LogP contribution in [-0.2, 0) is 10.2 Å². The van der Waals surface area contributed by atoms with Gasteiger partial charge in [-0.2, -0.15) is 5.26 Å². The quantitative estimate of drug-likeness (QED) is 0.226. The van der Waals surface area contributed by atoms with Crippen LogP contribution >= 0.6 is 0 Å². The topological polar surface area (TPSA) is 113 Å². The second kappa shape index (κ2) is 11.5. The summed E-state index contributed by atoms with van der Waals surface area (Å²) < 4.78 is 27.7. The zero-order valence-corrected chi connectivity index (χ0v) is 23.4. The number of allylic oxidation sites excluding steroid dienone is 1. The van der Waals surface area contributed by atoms with Gasteiger partial charge in [-0.05, 0) is 46.4 Å². The first-order chi connectivity index (χ1) is 19.1. The summed E-state index contributed by atoms with van der Waals surface area (Å²) in [5.74, 6) is 0.766. The minimum absolute atomic E-state index is 0.0455. The number of nitriles is 1. The van der Waals surface area contributed by atoms with E-state index >= 15 is 0 Å². The average molecular weight is 541 g/mol. The van der Waals surface area contributed by atoms with Gasteiger partial charge in [0.25, 0.3) is 0 Å². The molecule has 8 heteroatoms. The summed E-state index contributed by atoms with van der Waals surface area (Å²) in [6.45, 7) is 6.44. The molecule has 1 unspecified atom stereocenters. The maximum Gasteiger partial charge on any atom is 0.336 e. The number of fused-ring (bicyclic) bond motifs is 1. The standard InChI is InChI=1S/C32H32N2O6/c1-32(2,3)21-10-7-19(8-11-21)9-14-28(35)39-22-12-13-23-25(17-22)40-31(34)24(18-33)29(23)20-15-26(36-4)30(38-6)27(16-20)37-5/h7-17,29H,34H2,1-6H3/b14-9+. The van der Waals surface area contributed by atoms with Gasteiger partial charge in [-0.15, -0.1) is 0 Å². The van der Waals surface area contributed by atoms with Crippen LogP contribution in [0.5, 0.6) is 28.7 Å². The smallest absolute Gasteiger partial charge is 0.336 e. The Labute approximate surface area is 234 Å². The lowest BCUT2D eigenvalue weighted by molar-refractivity contribution is -0.128. The molecule has 0 fully saturated rings. The molecule has 0 saturated heterocycles. The van der Waals surface area contributed by atoms with Gasteiger partial charge in [-0.1, -0.05) is 51.1 Å². The van der Waals surface area contributed by atoms with E-state index in [1.807, 2.05) is 24.3 Å². The molecule has 206 valence electrons. The van der Waals surface area contributed by atoms with Gasteiger partial charge in [0.2, 0.25) is 11.6 Å². The van der Waals surface area contributed by atoms with Crippen LogP contribution in [0.4, 0.5) is 0 Å². The van der Waals surface area contributed by atoms with Crippen molar-refractivity contribution in [2.75, 3.05) is 21.3 Å². The van der Waals surface area contributed by atoms with Crippen LogP contribution in [0.1, 0.15) is 48.9 Å². The summed E-state index contributed by atoms with van der Waals surface area (Å²) in [6.07, 6.45) is 3.07. The number of hydrogen-bond donors (Lipinski definition) is 1. The molecule has 3 aromatic carbocycles. The molecule has 1 atom stereocenters. The first kappa shape index (κ1) is 28.1. The third kappa shape index (κ3) is 5.74. The van der Waals surface area contributed by atoms with Crippen molar-refractivity contribution in [1.82, 2.24) is 0 Å². The number of ether oxygens (including phenoxy) is 5. The molecule has 8 nitrogen and oxygen atoms in total. The van der Waals surface area contributed by atoms with E-state index in [0.29, 0.717) is 34.1 Å². The SMILES string of the molecule is COc1cc(C2C(C#N)=C(N)Oc3cc(OC(=O)/C=C/c4ccc(C(C)(C)C)cc4)ccc32)cc(OC)c1OC. The summed E-state index contributed by atoms with van der Waals surface area (Å²) in [5.41, 5.74) is 9.87. The molecule has 3 aromatic rings. The number of hydrogen-bond acceptors (Lipinski definition) is 8. The first-order valence-electron chi connectivity index (χ1n) is 12.6. The van der Waals surface area contributed by atoms with Gasteiger partial charge in [0.1, 0.15) is 23.1 Å². The number of nitrogens with zero attached hydrogens (tertiary/aromatic N) is 1. The Morgan fingerprint density at radius 1 is 0.975 bits per heavy atom. The minimum Gasteiger partial charge on any atom is -0.493 e. The molecule has 1 heterocycles. The van der Waals surface area contributed by atoms with Crippen molar-refractivity contribution in [2.45, 2.75) is 32.1 Å². The fourth-order valence-electron chi connectivity index (χ4n) is 4.52. The molecule has 2 N–H and O–H groups in total. The Bertz CT molecular complexity index is 1500. The van der Waals surface area contributed by atoms with Crippen molar-refractivity contribution >= 4 is 12.0 Å². The normalized spacial score (nSPS) is 14.7. The Balaban J connectivity index is 1.61. The molecule has 1 aliphatic rings. The summed E-state index contributed by atoms with van der Waals surface area (Å²) in [4.78, 5) is 12.6. The number of nitrogens with two attached hydrogens (primary N) is 1. The largest absolute Gasteiger partial charge is 0.493 e. The van der Waals surface area contributed by atoms with Crippen LogP contribution in [0.3, 0.4) is 0 Å². The summed E-state index contributed by atoms with van der Waals surface area (Å²) in [5, 5.41) is 9.92. The first-order valence-corrected chi connectivity index (χ1v) is 12.6. The van der Waals surface area contributed by atoms with Crippen molar-refractivity contribution in [3.8, 4) is 34.8 Å².